The molecule has 0 saturated carbocycles. The SMILES string of the molecule is C/C=C/[C@@H](c1ccccc1)[Si](C)(C)C.C/C=C/[C@H](c1ccccc1)[Si](C)(C)C.C/C=C\[C@@H](c1ccccc1)[Si](C)(C)C.CC(/C=C\c1ccccc1)OC(=O)Nc1ccccc1.CC(/C=C\c1ccccc1)OC(=O)c1ccccc1.CC(C#Cc1ccccc1)OC(=O)c1ccccc1.CC(O)C#Cc1ccccc1. The molecule has 0 aliphatic rings. The third kappa shape index (κ3) is 40.2. The van der Waals surface area contributed by atoms with E-state index in [1.54, 1.807) is 50.2 Å². The molecule has 0 heterocycles. The Hall–Kier alpha value is -11.2. The summed E-state index contributed by atoms with van der Waals surface area (Å²) in [7, 11) is -3.41. The van der Waals surface area contributed by atoms with E-state index in [1.165, 1.54) is 16.7 Å². The van der Waals surface area contributed by atoms with Crippen LogP contribution in [0.5, 0.6) is 0 Å². The number of allylic oxidation sites excluding steroid dienone is 6. The number of nitrogens with one attached hydrogen (secondary N) is 1. The summed E-state index contributed by atoms with van der Waals surface area (Å²) in [6, 6.07) is 98.6. The number of amides is 1. The molecule has 10 rings (SSSR count). The lowest BCUT2D eigenvalue weighted by Crippen LogP contribution is -2.29. The van der Waals surface area contributed by atoms with Gasteiger partial charge in [-0.25, -0.2) is 14.4 Å². The number of carbonyl (C=O) groups excluding carboxylic acids is 3. The predicted molar refractivity (Wildman–Crippen MR) is 480 cm³/mol. The first-order chi connectivity index (χ1) is 53.2. The monoisotopic (exact) mass is 1530 g/mol. The number of hydrogen-bond acceptors (Lipinski definition) is 7. The van der Waals surface area contributed by atoms with Gasteiger partial charge in [-0.1, -0.05) is 374 Å². The van der Waals surface area contributed by atoms with Crippen molar-refractivity contribution in [2.75, 3.05) is 5.32 Å². The van der Waals surface area contributed by atoms with E-state index in [2.05, 4.69) is 236 Å². The molecule has 8 nitrogen and oxygen atoms in total. The number of para-hydroxylation sites is 1. The molecule has 0 aliphatic carbocycles. The first-order valence-electron chi connectivity index (χ1n) is 38.1. The Kier molecular flexibility index (Phi) is 43.2. The molecule has 4 unspecified atom stereocenters. The van der Waals surface area contributed by atoms with Crippen molar-refractivity contribution in [2.24, 2.45) is 0 Å². The van der Waals surface area contributed by atoms with E-state index in [9.17, 15) is 14.4 Å². The van der Waals surface area contributed by atoms with Crippen LogP contribution in [0.4, 0.5) is 10.5 Å². The summed E-state index contributed by atoms with van der Waals surface area (Å²) < 4.78 is 15.8. The lowest BCUT2D eigenvalue weighted by Gasteiger charge is -2.26. The fourth-order valence-electron chi connectivity index (χ4n) is 10.9. The number of ether oxygens (including phenoxy) is 3. The van der Waals surface area contributed by atoms with Crippen LogP contribution < -0.4 is 5.32 Å². The molecule has 0 aromatic heterocycles. The van der Waals surface area contributed by atoms with Crippen LogP contribution >= 0.6 is 0 Å². The molecule has 2 N–H and O–H groups in total. The average Bonchev–Trinajstić information content (AvgIpc) is 0.855. The summed E-state index contributed by atoms with van der Waals surface area (Å²) >= 11 is 0. The molecule has 10 aromatic rings. The maximum Gasteiger partial charge on any atom is 0.412 e. The van der Waals surface area contributed by atoms with Crippen LogP contribution in [0.3, 0.4) is 0 Å². The Balaban J connectivity index is 0.000000276. The standard InChI is InChI=1S/C17H17NO2.C17H16O2.C17H14O2.3C13H20Si.C10H10O/c1-14(12-13-15-8-4-2-5-9-15)20-17(19)18-16-10-6-3-7-11-16;2*1-14(12-13-15-8-4-2-5-9-15)19-17(18)16-10-6-3-7-11-16;3*1-5-9-13(14(2,3)4)12-10-7-6-8-11-12;1-9(11)7-8-10-5-3-2-4-6-10/h2-14H,1H3,(H,18,19);2-14H,1H3;2-11,14H,1H3;3*5-11,13H,1-4H3;2-6,9,11H,1H3/b2*13-12-;;2*9-5+;9-5-;/t;;;3*13-;/m...100./s1. The highest BCUT2D eigenvalue weighted by atomic mass is 28.3. The van der Waals surface area contributed by atoms with Crippen LogP contribution in [0.15, 0.2) is 352 Å². The number of aliphatic hydroxyl groups excluding tert-OH is 1. The summed E-state index contributed by atoms with van der Waals surface area (Å²) in [6.07, 6.45) is 19.2. The minimum Gasteiger partial charge on any atom is -0.455 e. The van der Waals surface area contributed by atoms with Crippen LogP contribution in [-0.2, 0) is 14.2 Å². The smallest absolute Gasteiger partial charge is 0.412 e. The molecular weight excluding hydrogens is 1410 g/mol. The maximum absolute atomic E-state index is 11.8. The van der Waals surface area contributed by atoms with Crippen molar-refractivity contribution in [1.82, 2.24) is 0 Å². The molecule has 11 heteroatoms. The molecule has 111 heavy (non-hydrogen) atoms. The highest BCUT2D eigenvalue weighted by molar-refractivity contribution is 6.78. The van der Waals surface area contributed by atoms with Gasteiger partial charge in [-0.15, -0.1) is 0 Å². The van der Waals surface area contributed by atoms with Gasteiger partial charge >= 0.3 is 18.0 Å². The second-order valence-corrected chi connectivity index (χ2v) is 45.4. The Labute approximate surface area is 668 Å². The third-order valence-electron chi connectivity index (χ3n) is 16.4. The van der Waals surface area contributed by atoms with Gasteiger partial charge in [0, 0.05) is 16.8 Å². The van der Waals surface area contributed by atoms with E-state index < -0.39 is 42.5 Å². The van der Waals surface area contributed by atoms with Gasteiger partial charge in [0.25, 0.3) is 0 Å². The van der Waals surface area contributed by atoms with E-state index in [4.69, 9.17) is 19.3 Å². The summed E-state index contributed by atoms with van der Waals surface area (Å²) in [5.41, 5.74) is 12.2. The Morgan fingerprint density at radius 3 is 0.919 bits per heavy atom. The first-order valence-corrected chi connectivity index (χ1v) is 48.8. The van der Waals surface area contributed by atoms with Gasteiger partial charge in [-0.3, -0.25) is 5.32 Å². The molecule has 0 saturated heterocycles. The minimum atomic E-state index is -1.14. The maximum atomic E-state index is 11.8. The van der Waals surface area contributed by atoms with E-state index in [0.717, 1.165) is 27.9 Å². The molecule has 0 fully saturated rings. The number of benzene rings is 10. The minimum absolute atomic E-state index is 0.257. The summed E-state index contributed by atoms with van der Waals surface area (Å²) in [5, 5.41) is 11.5. The molecular formula is C100H117NO7Si3. The highest BCUT2D eigenvalue weighted by Gasteiger charge is 2.27. The number of aliphatic hydroxyl groups is 1. The zero-order valence-electron chi connectivity index (χ0n) is 68.1. The quantitative estimate of drug-likeness (QED) is 0.0273. The zero-order valence-corrected chi connectivity index (χ0v) is 71.1. The van der Waals surface area contributed by atoms with E-state index in [-0.39, 0.29) is 24.1 Å². The van der Waals surface area contributed by atoms with Crippen molar-refractivity contribution in [2.45, 2.75) is 148 Å². The summed E-state index contributed by atoms with van der Waals surface area (Å²) in [4.78, 5) is 35.3. The van der Waals surface area contributed by atoms with Gasteiger partial charge in [0.1, 0.15) is 18.3 Å². The second-order valence-electron chi connectivity index (χ2n) is 29.3. The van der Waals surface area contributed by atoms with Crippen molar-refractivity contribution < 1.29 is 33.7 Å². The molecule has 10 aromatic carbocycles. The Morgan fingerprint density at radius 2 is 0.613 bits per heavy atom. The van der Waals surface area contributed by atoms with Crippen LogP contribution in [0.1, 0.15) is 125 Å². The van der Waals surface area contributed by atoms with Gasteiger partial charge in [0.15, 0.2) is 6.10 Å². The first kappa shape index (κ1) is 92.2. The van der Waals surface area contributed by atoms with Crippen LogP contribution in [0.2, 0.25) is 58.9 Å². The molecule has 0 spiro atoms. The van der Waals surface area contributed by atoms with Crippen LogP contribution in [-0.4, -0.2) is 71.8 Å². The third-order valence-corrected chi connectivity index (χ3v) is 23.6. The second kappa shape index (κ2) is 52.0. The van der Waals surface area contributed by atoms with Crippen LogP contribution in [0, 0.1) is 23.7 Å². The topological polar surface area (TPSA) is 111 Å². The fourth-order valence-corrected chi connectivity index (χ4v) is 16.7. The fraction of sp³-hybridized carbons (Fsp3) is 0.230. The largest absolute Gasteiger partial charge is 0.455 e. The summed E-state index contributed by atoms with van der Waals surface area (Å²) in [6.45, 7) is 35.2. The van der Waals surface area contributed by atoms with Crippen molar-refractivity contribution >= 4 is 60.1 Å². The molecule has 576 valence electrons. The Morgan fingerprint density at radius 1 is 0.342 bits per heavy atom. The molecule has 0 aliphatic heterocycles. The number of hydrogen-bond donors (Lipinski definition) is 2. The van der Waals surface area contributed by atoms with Gasteiger partial charge in [0.05, 0.1) is 35.3 Å². The number of esters is 2. The van der Waals surface area contributed by atoms with Gasteiger partial charge in [-0.05, 0) is 166 Å². The predicted octanol–water partition coefficient (Wildman–Crippen LogP) is 25.7. The van der Waals surface area contributed by atoms with Crippen molar-refractivity contribution in [1.29, 1.82) is 0 Å². The van der Waals surface area contributed by atoms with E-state index in [1.807, 2.05) is 214 Å². The van der Waals surface area contributed by atoms with Crippen molar-refractivity contribution in [3.8, 4) is 23.7 Å². The van der Waals surface area contributed by atoms with Crippen molar-refractivity contribution in [3.63, 3.8) is 0 Å². The zero-order chi connectivity index (χ0) is 81.1. The normalized spacial score (nSPS) is 12.8. The van der Waals surface area contributed by atoms with Gasteiger partial charge in [0.2, 0.25) is 0 Å². The molecule has 0 bridgehead atoms. The molecule has 1 amide bonds. The van der Waals surface area contributed by atoms with Gasteiger partial charge < -0.3 is 19.3 Å². The highest BCUT2D eigenvalue weighted by Crippen LogP contribution is 2.30. The molecule has 0 radical (unpaired) electrons. The number of rotatable bonds is 19. The number of carbonyl (C=O) groups is 3. The van der Waals surface area contributed by atoms with E-state index in [0.29, 0.717) is 27.8 Å². The van der Waals surface area contributed by atoms with Crippen molar-refractivity contribution in [3.05, 3.63) is 402 Å². The lowest BCUT2D eigenvalue weighted by molar-refractivity contribution is 0.0420. The van der Waals surface area contributed by atoms with Crippen LogP contribution in [0.25, 0.3) is 12.2 Å². The molecule has 7 atom stereocenters. The van der Waals surface area contributed by atoms with Gasteiger partial charge in [-0.2, -0.15) is 0 Å². The average molecular weight is 1530 g/mol. The van der Waals surface area contributed by atoms with E-state index >= 15 is 0 Å². The Bertz CT molecular complexity index is 4310. The lowest BCUT2D eigenvalue weighted by atomic mass is 10.1. The summed E-state index contributed by atoms with van der Waals surface area (Å²) in [5.74, 6) is 10.7. The number of anilines is 1.